The van der Waals surface area contributed by atoms with E-state index in [0.29, 0.717) is 11.4 Å². The van der Waals surface area contributed by atoms with E-state index in [4.69, 9.17) is 9.97 Å². The molecule has 5 nitrogen and oxygen atoms in total. The van der Waals surface area contributed by atoms with E-state index >= 15 is 0 Å². The number of phenols is 1. The van der Waals surface area contributed by atoms with Crippen molar-refractivity contribution in [2.24, 2.45) is 0 Å². The highest BCUT2D eigenvalue weighted by molar-refractivity contribution is 6.11. The molecule has 0 bridgehead atoms. The van der Waals surface area contributed by atoms with Gasteiger partial charge in [0.25, 0.3) is 0 Å². The molecule has 0 saturated carbocycles. The highest BCUT2D eigenvalue weighted by Gasteiger charge is 2.24. The van der Waals surface area contributed by atoms with Gasteiger partial charge in [-0.15, -0.1) is 0 Å². The van der Waals surface area contributed by atoms with Crippen molar-refractivity contribution in [2.45, 2.75) is 0 Å². The van der Waals surface area contributed by atoms with Crippen LogP contribution in [0.3, 0.4) is 0 Å². The third kappa shape index (κ3) is 5.87. The second-order valence-electron chi connectivity index (χ2n) is 14.8. The summed E-state index contributed by atoms with van der Waals surface area (Å²) in [6.45, 7) is 0. The lowest BCUT2D eigenvalue weighted by Crippen LogP contribution is -2.00. The molecule has 0 amide bonds. The number of para-hydroxylation sites is 4. The minimum Gasteiger partial charge on any atom is -0.507 e. The topological polar surface area (TPSA) is 55.9 Å². The van der Waals surface area contributed by atoms with Crippen LogP contribution in [0.15, 0.2) is 212 Å². The van der Waals surface area contributed by atoms with Crippen molar-refractivity contribution in [3.8, 4) is 73.2 Å². The number of benzene rings is 8. The molecule has 3 heterocycles. The average Bonchev–Trinajstić information content (AvgIpc) is 3.85. The molecule has 5 heteroatoms. The Morgan fingerprint density at radius 2 is 1.03 bits per heavy atom. The predicted molar refractivity (Wildman–Crippen MR) is 242 cm³/mol. The third-order valence-electron chi connectivity index (χ3n) is 11.3. The fourth-order valence-corrected chi connectivity index (χ4v) is 8.59. The van der Waals surface area contributed by atoms with Gasteiger partial charge in [0.15, 0.2) is 0 Å². The van der Waals surface area contributed by atoms with Gasteiger partial charge in [0.1, 0.15) is 11.6 Å². The molecule has 59 heavy (non-hydrogen) atoms. The zero-order chi connectivity index (χ0) is 39.3. The summed E-state index contributed by atoms with van der Waals surface area (Å²) in [7, 11) is 0. The Morgan fingerprint density at radius 3 is 1.83 bits per heavy atom. The molecular weight excluding hydrogens is 721 g/mol. The van der Waals surface area contributed by atoms with E-state index in [1.165, 1.54) is 0 Å². The molecule has 0 aliphatic heterocycles. The molecule has 1 N–H and O–H groups in total. The molecular formula is C54H36N4O. The normalized spacial score (nSPS) is 11.5. The van der Waals surface area contributed by atoms with Gasteiger partial charge in [-0.3, -0.25) is 9.55 Å². The largest absolute Gasteiger partial charge is 0.507 e. The zero-order valence-corrected chi connectivity index (χ0v) is 31.9. The lowest BCUT2D eigenvalue weighted by atomic mass is 9.94. The van der Waals surface area contributed by atoms with Crippen molar-refractivity contribution in [1.29, 1.82) is 0 Å². The summed E-state index contributed by atoms with van der Waals surface area (Å²) < 4.78 is 4.44. The molecule has 0 aliphatic carbocycles. The van der Waals surface area contributed by atoms with Crippen molar-refractivity contribution in [3.63, 3.8) is 0 Å². The number of nitrogens with zero attached hydrogens (tertiary/aromatic N) is 4. The van der Waals surface area contributed by atoms with E-state index in [2.05, 4.69) is 167 Å². The van der Waals surface area contributed by atoms with Gasteiger partial charge in [0.05, 0.1) is 39.0 Å². The number of aromatic nitrogens is 4. The fourth-order valence-electron chi connectivity index (χ4n) is 8.59. The Balaban J connectivity index is 1.21. The van der Waals surface area contributed by atoms with E-state index in [9.17, 15) is 5.11 Å². The van der Waals surface area contributed by atoms with Crippen molar-refractivity contribution >= 4 is 32.8 Å². The molecule has 0 spiro atoms. The Bertz CT molecular complexity index is 3260. The number of aromatic hydroxyl groups is 1. The van der Waals surface area contributed by atoms with Gasteiger partial charge in [-0.2, -0.15) is 0 Å². The molecule has 3 aromatic heterocycles. The standard InChI is InChI=1S/C54H36N4O/c59-52-35-51-45(44-24-11-13-28-49(44)57(51)41-21-8-3-9-22-41)34-46(52)54-56-53-43(25-16-29-50(53)58(54)48-27-12-10-23-42(48)37-19-6-2-7-20-37)39-31-38(36-17-4-1-5-18-36)32-40(33-39)47-26-14-15-30-55-47/h1-35,59H. The highest BCUT2D eigenvalue weighted by atomic mass is 16.3. The van der Waals surface area contributed by atoms with Gasteiger partial charge in [-0.25, -0.2) is 4.98 Å². The van der Waals surface area contributed by atoms with Gasteiger partial charge in [0, 0.05) is 45.4 Å². The predicted octanol–water partition coefficient (Wildman–Crippen LogP) is 13.6. The van der Waals surface area contributed by atoms with Crippen LogP contribution in [0, 0.1) is 0 Å². The fraction of sp³-hybridized carbons (Fsp3) is 0. The Hall–Kier alpha value is -8.02. The van der Waals surface area contributed by atoms with Crippen LogP contribution >= 0.6 is 0 Å². The summed E-state index contributed by atoms with van der Waals surface area (Å²) in [4.78, 5) is 10.3. The number of pyridine rings is 1. The number of hydrogen-bond donors (Lipinski definition) is 1. The minimum atomic E-state index is 0.149. The van der Waals surface area contributed by atoms with Gasteiger partial charge >= 0.3 is 0 Å². The number of hydrogen-bond acceptors (Lipinski definition) is 3. The molecule has 0 unspecified atom stereocenters. The van der Waals surface area contributed by atoms with E-state index in [0.717, 1.165) is 88.9 Å². The van der Waals surface area contributed by atoms with Gasteiger partial charge < -0.3 is 9.67 Å². The van der Waals surface area contributed by atoms with Crippen LogP contribution in [0.5, 0.6) is 5.75 Å². The Kier molecular flexibility index (Phi) is 8.23. The van der Waals surface area contributed by atoms with E-state index in [1.54, 1.807) is 0 Å². The lowest BCUT2D eigenvalue weighted by molar-refractivity contribution is 0.477. The summed E-state index contributed by atoms with van der Waals surface area (Å²) in [6, 6.07) is 71.2. The molecule has 0 radical (unpaired) electrons. The van der Waals surface area contributed by atoms with Crippen LogP contribution in [0.1, 0.15) is 0 Å². The minimum absolute atomic E-state index is 0.149. The molecule has 0 atom stereocenters. The highest BCUT2D eigenvalue weighted by Crippen LogP contribution is 2.44. The number of rotatable bonds is 7. The summed E-state index contributed by atoms with van der Waals surface area (Å²) in [5.41, 5.74) is 14.7. The Morgan fingerprint density at radius 1 is 0.390 bits per heavy atom. The quantitative estimate of drug-likeness (QED) is 0.176. The second kappa shape index (κ2) is 14.2. The van der Waals surface area contributed by atoms with Gasteiger partial charge in [0.2, 0.25) is 0 Å². The van der Waals surface area contributed by atoms with Crippen LogP contribution in [0.2, 0.25) is 0 Å². The van der Waals surface area contributed by atoms with Crippen molar-refractivity contribution in [2.75, 3.05) is 0 Å². The molecule has 0 aliphatic rings. The van der Waals surface area contributed by atoms with Crippen LogP contribution in [0.25, 0.3) is 100 Å². The number of imidazole rings is 1. The second-order valence-corrected chi connectivity index (χ2v) is 14.8. The average molecular weight is 757 g/mol. The molecule has 0 saturated heterocycles. The first kappa shape index (κ1) is 34.2. The van der Waals surface area contributed by atoms with Crippen molar-refractivity contribution < 1.29 is 5.11 Å². The maximum absolute atomic E-state index is 12.3. The summed E-state index contributed by atoms with van der Waals surface area (Å²) in [5.74, 6) is 0.798. The molecule has 278 valence electrons. The first-order chi connectivity index (χ1) is 29.2. The van der Waals surface area contributed by atoms with Crippen molar-refractivity contribution in [1.82, 2.24) is 19.1 Å². The van der Waals surface area contributed by atoms with Gasteiger partial charge in [-0.05, 0) is 89.0 Å². The monoisotopic (exact) mass is 756 g/mol. The molecule has 8 aromatic carbocycles. The third-order valence-corrected chi connectivity index (χ3v) is 11.3. The number of phenolic OH excluding ortho intramolecular Hbond substituents is 1. The maximum Gasteiger partial charge on any atom is 0.149 e. The van der Waals surface area contributed by atoms with E-state index < -0.39 is 0 Å². The molecule has 0 fully saturated rings. The smallest absolute Gasteiger partial charge is 0.149 e. The van der Waals surface area contributed by atoms with Crippen LogP contribution in [0.4, 0.5) is 0 Å². The maximum atomic E-state index is 12.3. The summed E-state index contributed by atoms with van der Waals surface area (Å²) in [5, 5.41) is 14.4. The van der Waals surface area contributed by atoms with Crippen LogP contribution < -0.4 is 0 Å². The summed E-state index contributed by atoms with van der Waals surface area (Å²) >= 11 is 0. The summed E-state index contributed by atoms with van der Waals surface area (Å²) in [6.07, 6.45) is 1.84. The first-order valence-corrected chi connectivity index (χ1v) is 19.8. The SMILES string of the molecule is Oc1cc2c(cc1-c1nc3c(-c4cc(-c5ccccc5)cc(-c5ccccn5)c4)cccc3n1-c1ccccc1-c1ccccc1)c1ccccc1n2-c1ccccc1. The first-order valence-electron chi connectivity index (χ1n) is 19.8. The lowest BCUT2D eigenvalue weighted by Gasteiger charge is -2.16. The Labute approximate surface area is 341 Å². The van der Waals surface area contributed by atoms with Crippen molar-refractivity contribution in [3.05, 3.63) is 212 Å². The van der Waals surface area contributed by atoms with Crippen LogP contribution in [-0.4, -0.2) is 24.2 Å². The molecule has 11 aromatic rings. The van der Waals surface area contributed by atoms with Crippen LogP contribution in [-0.2, 0) is 0 Å². The molecule has 11 rings (SSSR count). The van der Waals surface area contributed by atoms with Gasteiger partial charge in [-0.1, -0.05) is 133 Å². The zero-order valence-electron chi connectivity index (χ0n) is 31.9. The number of fused-ring (bicyclic) bond motifs is 4. The van der Waals surface area contributed by atoms with E-state index in [1.807, 2.05) is 54.7 Å². The van der Waals surface area contributed by atoms with E-state index in [-0.39, 0.29) is 5.75 Å².